The Morgan fingerprint density at radius 1 is 0.702 bits per heavy atom. The predicted molar refractivity (Wildman–Crippen MR) is 244 cm³/mol. The minimum atomic E-state index is -0.0728. The molecule has 0 spiro atoms. The summed E-state index contributed by atoms with van der Waals surface area (Å²) in [5.41, 5.74) is 20.3. The highest BCUT2D eigenvalue weighted by molar-refractivity contribution is 5.95. The molecule has 2 aliphatic rings. The van der Waals surface area contributed by atoms with E-state index < -0.39 is 0 Å². The summed E-state index contributed by atoms with van der Waals surface area (Å²) in [6, 6.07) is 48.7. The molecule has 0 atom stereocenters. The molecule has 0 bridgehead atoms. The zero-order chi connectivity index (χ0) is 39.3. The van der Waals surface area contributed by atoms with Crippen molar-refractivity contribution in [3.63, 3.8) is 0 Å². The molecule has 0 aliphatic heterocycles. The van der Waals surface area contributed by atoms with E-state index in [-0.39, 0.29) is 5.41 Å². The molecule has 278 valence electrons. The van der Waals surface area contributed by atoms with Crippen molar-refractivity contribution < 1.29 is 4.42 Å². The van der Waals surface area contributed by atoms with Gasteiger partial charge in [0.25, 0.3) is 0 Å². The monoisotopic (exact) mass is 737 g/mol. The minimum Gasteiger partial charge on any atom is -0.456 e. The van der Waals surface area contributed by atoms with E-state index in [0.29, 0.717) is 0 Å². The summed E-state index contributed by atoms with van der Waals surface area (Å²) >= 11 is 0. The predicted octanol–water partition coefficient (Wildman–Crippen LogP) is 15.4. The second-order valence-corrected chi connectivity index (χ2v) is 15.7. The van der Waals surface area contributed by atoms with Crippen LogP contribution in [-0.2, 0) is 11.8 Å². The molecule has 1 aromatic heterocycles. The lowest BCUT2D eigenvalue weighted by molar-refractivity contribution is 0.603. The molecule has 2 heteroatoms. The highest BCUT2D eigenvalue weighted by Crippen LogP contribution is 2.50. The van der Waals surface area contributed by atoms with Crippen molar-refractivity contribution in [2.45, 2.75) is 46.0 Å². The summed E-state index contributed by atoms with van der Waals surface area (Å²) in [7, 11) is 0. The van der Waals surface area contributed by atoms with Gasteiger partial charge in [-0.05, 0) is 130 Å². The van der Waals surface area contributed by atoms with Crippen molar-refractivity contribution >= 4 is 40.1 Å². The molecule has 0 unspecified atom stereocenters. The molecule has 0 amide bonds. The quantitative estimate of drug-likeness (QED) is 0.137. The molecule has 0 N–H and O–H groups in total. The van der Waals surface area contributed by atoms with Crippen LogP contribution in [0, 0.1) is 0 Å². The Hall–Kier alpha value is -6.64. The number of fused-ring (bicyclic) bond motifs is 7. The first kappa shape index (κ1) is 36.0. The Balaban J connectivity index is 1.14. The van der Waals surface area contributed by atoms with Crippen LogP contribution in [0.3, 0.4) is 0 Å². The van der Waals surface area contributed by atoms with Crippen LogP contribution >= 0.6 is 0 Å². The third-order valence-electron chi connectivity index (χ3n) is 12.0. The van der Waals surface area contributed by atoms with Gasteiger partial charge in [-0.1, -0.05) is 155 Å². The zero-order valence-corrected chi connectivity index (χ0v) is 33.3. The lowest BCUT2D eigenvalue weighted by Crippen LogP contribution is -2.16. The second-order valence-electron chi connectivity index (χ2n) is 15.7. The second kappa shape index (κ2) is 14.5. The van der Waals surface area contributed by atoms with Gasteiger partial charge in [0.2, 0.25) is 0 Å². The average molecular weight is 738 g/mol. The van der Waals surface area contributed by atoms with Crippen LogP contribution in [0.5, 0.6) is 0 Å². The molecule has 57 heavy (non-hydrogen) atoms. The lowest BCUT2D eigenvalue weighted by Gasteiger charge is -2.27. The number of hydrogen-bond donors (Lipinski definition) is 0. The summed E-state index contributed by atoms with van der Waals surface area (Å²) in [5.74, 6) is 0.789. The fraction of sp³-hybridized carbons (Fsp3) is 0.127. The van der Waals surface area contributed by atoms with Gasteiger partial charge in [0.1, 0.15) is 11.3 Å². The maximum Gasteiger partial charge on any atom is 0.135 e. The van der Waals surface area contributed by atoms with Crippen LogP contribution in [0.4, 0.5) is 11.4 Å². The van der Waals surface area contributed by atoms with E-state index in [2.05, 4.69) is 184 Å². The molecule has 1 heterocycles. The van der Waals surface area contributed by atoms with Gasteiger partial charge in [-0.2, -0.15) is 0 Å². The first-order valence-corrected chi connectivity index (χ1v) is 20.0. The average Bonchev–Trinajstić information content (AvgIpc) is 3.65. The minimum absolute atomic E-state index is 0.0728. The van der Waals surface area contributed by atoms with Gasteiger partial charge in [0.05, 0.1) is 0 Å². The standard InChI is InChI=1S/C55H47NO/c1-7-16-48-50-34-39(26-32-54(50)57-53(48)9-3)38-24-27-41(28-25-38)56(42-29-31-52-49(35-42)47-21-14-15-22-51(47)55(52,5)6)36(4)23-30-44-37(8-2)33-40-17-10-11-18-43(40)45-19-12-13-20-46(44)45/h7,9-32,34-35H,3-4,8,33H2,1-2,5-6H3/b16-7-,30-23-. The van der Waals surface area contributed by atoms with E-state index in [4.69, 9.17) is 11.0 Å². The number of nitrogens with zero attached hydrogens (tertiary/aromatic N) is 1. The van der Waals surface area contributed by atoms with Crippen LogP contribution in [0.2, 0.25) is 0 Å². The molecular weight excluding hydrogens is 691 g/mol. The summed E-state index contributed by atoms with van der Waals surface area (Å²) in [4.78, 5) is 2.30. The van der Waals surface area contributed by atoms with Gasteiger partial charge in [-0.3, -0.25) is 0 Å². The van der Waals surface area contributed by atoms with Crippen molar-refractivity contribution in [3.05, 3.63) is 210 Å². The third-order valence-corrected chi connectivity index (χ3v) is 12.0. The first-order chi connectivity index (χ1) is 27.8. The Kier molecular flexibility index (Phi) is 9.14. The fourth-order valence-electron chi connectivity index (χ4n) is 9.12. The summed E-state index contributed by atoms with van der Waals surface area (Å²) in [5, 5.41) is 1.08. The molecule has 6 aromatic carbocycles. The third kappa shape index (κ3) is 6.13. The van der Waals surface area contributed by atoms with Gasteiger partial charge in [-0.25, -0.2) is 0 Å². The first-order valence-electron chi connectivity index (χ1n) is 20.0. The zero-order valence-electron chi connectivity index (χ0n) is 33.3. The van der Waals surface area contributed by atoms with Crippen molar-refractivity contribution in [3.8, 4) is 33.4 Å². The van der Waals surface area contributed by atoms with Crippen LogP contribution < -0.4 is 4.90 Å². The number of allylic oxidation sites excluding steroid dienone is 5. The van der Waals surface area contributed by atoms with Gasteiger partial charge in [-0.15, -0.1) is 0 Å². The SMILES string of the molecule is C=Cc1oc2ccc(-c3ccc(N(C(=C)/C=C\C4=C(CC)Cc5ccccc5-c5ccccc54)c4ccc5c(c4)-c4ccccc4C5(C)C)cc3)cc2c1/C=C\C. The van der Waals surface area contributed by atoms with E-state index in [1.54, 1.807) is 6.08 Å². The molecule has 0 radical (unpaired) electrons. The van der Waals surface area contributed by atoms with E-state index in [1.165, 1.54) is 55.7 Å². The molecular formula is C55H47NO. The molecule has 0 saturated carbocycles. The van der Waals surface area contributed by atoms with Crippen molar-refractivity contribution in [2.75, 3.05) is 4.90 Å². The number of anilines is 2. The Morgan fingerprint density at radius 2 is 1.37 bits per heavy atom. The van der Waals surface area contributed by atoms with Crippen LogP contribution in [-0.4, -0.2) is 0 Å². The van der Waals surface area contributed by atoms with Gasteiger partial charge in [0, 0.05) is 33.4 Å². The normalized spacial score (nSPS) is 14.0. The van der Waals surface area contributed by atoms with E-state index in [1.807, 2.05) is 13.0 Å². The lowest BCUT2D eigenvalue weighted by atomic mass is 9.82. The summed E-state index contributed by atoms with van der Waals surface area (Å²) in [6.07, 6.45) is 12.3. The van der Waals surface area contributed by atoms with E-state index in [0.717, 1.165) is 63.3 Å². The Labute approximate surface area is 337 Å². The van der Waals surface area contributed by atoms with E-state index in [9.17, 15) is 0 Å². The topological polar surface area (TPSA) is 16.4 Å². The molecule has 7 aromatic rings. The largest absolute Gasteiger partial charge is 0.456 e. The maximum atomic E-state index is 6.11. The smallest absolute Gasteiger partial charge is 0.135 e. The molecule has 0 saturated heterocycles. The van der Waals surface area contributed by atoms with Crippen molar-refractivity contribution in [2.24, 2.45) is 0 Å². The van der Waals surface area contributed by atoms with Gasteiger partial charge >= 0.3 is 0 Å². The van der Waals surface area contributed by atoms with Crippen molar-refractivity contribution in [1.82, 2.24) is 0 Å². The van der Waals surface area contributed by atoms with Crippen LogP contribution in [0.15, 0.2) is 181 Å². The van der Waals surface area contributed by atoms with Crippen LogP contribution in [0.1, 0.15) is 67.7 Å². The maximum absolute atomic E-state index is 6.11. The van der Waals surface area contributed by atoms with Crippen molar-refractivity contribution in [1.29, 1.82) is 0 Å². The Morgan fingerprint density at radius 3 is 2.12 bits per heavy atom. The van der Waals surface area contributed by atoms with Gasteiger partial charge < -0.3 is 9.32 Å². The molecule has 0 fully saturated rings. The summed E-state index contributed by atoms with van der Waals surface area (Å²) in [6.45, 7) is 17.7. The summed E-state index contributed by atoms with van der Waals surface area (Å²) < 4.78 is 6.11. The molecule has 9 rings (SSSR count). The fourth-order valence-corrected chi connectivity index (χ4v) is 9.12. The Bertz CT molecular complexity index is 2820. The van der Waals surface area contributed by atoms with E-state index >= 15 is 0 Å². The molecule has 2 nitrogen and oxygen atoms in total. The highest BCUT2D eigenvalue weighted by Gasteiger charge is 2.35. The van der Waals surface area contributed by atoms with Gasteiger partial charge in [0.15, 0.2) is 0 Å². The highest BCUT2D eigenvalue weighted by atomic mass is 16.3. The number of hydrogen-bond acceptors (Lipinski definition) is 2. The number of benzene rings is 6. The number of furan rings is 1. The molecule has 2 aliphatic carbocycles. The number of rotatable bonds is 9. The van der Waals surface area contributed by atoms with Crippen LogP contribution in [0.25, 0.3) is 62.1 Å².